The maximum Gasteiger partial charge on any atom is 0.335 e. The standard InChI is InChI=1S/C21H24N2O4S/c1-21(2,3)12-18(24)22-16-8-5-9-17(11-16)28-13-19(25)23-15-7-4-6-14(10-15)20(26)27/h4-11H,12-13H2,1-3H3,(H,22,24)(H,23,25)(H,26,27). The molecule has 2 rings (SSSR count). The Morgan fingerprint density at radius 3 is 2.18 bits per heavy atom. The highest BCUT2D eigenvalue weighted by Gasteiger charge is 2.16. The zero-order valence-electron chi connectivity index (χ0n) is 16.1. The lowest BCUT2D eigenvalue weighted by atomic mass is 9.92. The lowest BCUT2D eigenvalue weighted by molar-refractivity contribution is -0.118. The number of carbonyl (C=O) groups is 3. The Morgan fingerprint density at radius 2 is 1.54 bits per heavy atom. The van der Waals surface area contributed by atoms with E-state index < -0.39 is 5.97 Å². The Hall–Kier alpha value is -2.80. The highest BCUT2D eigenvalue weighted by molar-refractivity contribution is 8.00. The summed E-state index contributed by atoms with van der Waals surface area (Å²) in [6, 6.07) is 13.4. The molecule has 0 aromatic heterocycles. The predicted octanol–water partition coefficient (Wildman–Crippen LogP) is 4.49. The average molecular weight is 401 g/mol. The molecule has 0 unspecified atom stereocenters. The number of benzene rings is 2. The van der Waals surface area contributed by atoms with Crippen LogP contribution < -0.4 is 10.6 Å². The van der Waals surface area contributed by atoms with Crippen molar-refractivity contribution in [2.75, 3.05) is 16.4 Å². The molecule has 0 aliphatic carbocycles. The summed E-state index contributed by atoms with van der Waals surface area (Å²) in [5.74, 6) is -1.17. The topological polar surface area (TPSA) is 95.5 Å². The monoisotopic (exact) mass is 400 g/mol. The predicted molar refractivity (Wildman–Crippen MR) is 112 cm³/mol. The number of carbonyl (C=O) groups excluding carboxylic acids is 2. The fraction of sp³-hybridized carbons (Fsp3) is 0.286. The van der Waals surface area contributed by atoms with Gasteiger partial charge in [-0.3, -0.25) is 9.59 Å². The van der Waals surface area contributed by atoms with Crippen molar-refractivity contribution in [1.82, 2.24) is 0 Å². The third kappa shape index (κ3) is 7.44. The summed E-state index contributed by atoms with van der Waals surface area (Å²) in [6.07, 6.45) is 0.419. The van der Waals surface area contributed by atoms with Gasteiger partial charge in [0.05, 0.1) is 11.3 Å². The minimum Gasteiger partial charge on any atom is -0.478 e. The van der Waals surface area contributed by atoms with Gasteiger partial charge in [0.2, 0.25) is 11.8 Å². The van der Waals surface area contributed by atoms with Crippen LogP contribution in [0.3, 0.4) is 0 Å². The van der Waals surface area contributed by atoms with Crippen molar-refractivity contribution >= 4 is 40.9 Å². The van der Waals surface area contributed by atoms with E-state index in [4.69, 9.17) is 5.11 Å². The van der Waals surface area contributed by atoms with Gasteiger partial charge in [-0.15, -0.1) is 11.8 Å². The first-order chi connectivity index (χ1) is 13.1. The molecule has 0 heterocycles. The van der Waals surface area contributed by atoms with E-state index in [2.05, 4.69) is 10.6 Å². The van der Waals surface area contributed by atoms with Gasteiger partial charge in [0.1, 0.15) is 0 Å². The van der Waals surface area contributed by atoms with Gasteiger partial charge in [-0.05, 0) is 41.8 Å². The van der Waals surface area contributed by atoms with E-state index in [0.717, 1.165) is 4.90 Å². The number of carboxylic acids is 1. The van der Waals surface area contributed by atoms with Gasteiger partial charge in [-0.1, -0.05) is 32.9 Å². The first kappa shape index (κ1) is 21.5. The van der Waals surface area contributed by atoms with E-state index >= 15 is 0 Å². The molecule has 0 atom stereocenters. The van der Waals surface area contributed by atoms with Crippen molar-refractivity contribution in [3.8, 4) is 0 Å². The van der Waals surface area contributed by atoms with Crippen LogP contribution in [0.15, 0.2) is 53.4 Å². The van der Waals surface area contributed by atoms with E-state index in [9.17, 15) is 14.4 Å². The van der Waals surface area contributed by atoms with Gasteiger partial charge in [0.25, 0.3) is 0 Å². The van der Waals surface area contributed by atoms with Crippen LogP contribution >= 0.6 is 11.8 Å². The first-order valence-electron chi connectivity index (χ1n) is 8.78. The summed E-state index contributed by atoms with van der Waals surface area (Å²) >= 11 is 1.33. The molecule has 0 bridgehead atoms. The normalized spacial score (nSPS) is 11.0. The molecule has 0 aliphatic rings. The number of rotatable bonds is 7. The third-order valence-electron chi connectivity index (χ3n) is 3.57. The van der Waals surface area contributed by atoms with Gasteiger partial charge in [0.15, 0.2) is 0 Å². The second-order valence-corrected chi connectivity index (χ2v) is 8.59. The molecule has 0 saturated heterocycles. The number of nitrogens with one attached hydrogen (secondary N) is 2. The summed E-state index contributed by atoms with van der Waals surface area (Å²) in [6.45, 7) is 6.01. The molecular weight excluding hydrogens is 376 g/mol. The maximum absolute atomic E-state index is 12.1. The molecule has 28 heavy (non-hydrogen) atoms. The van der Waals surface area contributed by atoms with E-state index in [1.807, 2.05) is 45.0 Å². The fourth-order valence-corrected chi connectivity index (χ4v) is 3.18. The SMILES string of the molecule is CC(C)(C)CC(=O)Nc1cccc(SCC(=O)Nc2cccc(C(=O)O)c2)c1. The van der Waals surface area contributed by atoms with Crippen molar-refractivity contribution in [3.63, 3.8) is 0 Å². The van der Waals surface area contributed by atoms with E-state index in [1.54, 1.807) is 12.1 Å². The second kappa shape index (κ2) is 9.41. The highest BCUT2D eigenvalue weighted by Crippen LogP contribution is 2.24. The number of amides is 2. The van der Waals surface area contributed by atoms with Crippen molar-refractivity contribution in [2.45, 2.75) is 32.1 Å². The Morgan fingerprint density at radius 1 is 0.929 bits per heavy atom. The second-order valence-electron chi connectivity index (χ2n) is 7.54. The summed E-state index contributed by atoms with van der Waals surface area (Å²) in [7, 11) is 0. The lowest BCUT2D eigenvalue weighted by Gasteiger charge is -2.17. The minimum absolute atomic E-state index is 0.0503. The number of anilines is 2. The van der Waals surface area contributed by atoms with Gasteiger partial charge in [-0.2, -0.15) is 0 Å². The average Bonchev–Trinajstić information content (AvgIpc) is 2.59. The molecule has 0 spiro atoms. The van der Waals surface area contributed by atoms with E-state index in [0.29, 0.717) is 17.8 Å². The summed E-state index contributed by atoms with van der Waals surface area (Å²) in [4.78, 5) is 36.0. The number of hydrogen-bond acceptors (Lipinski definition) is 4. The summed E-state index contributed by atoms with van der Waals surface area (Å²) < 4.78 is 0. The third-order valence-corrected chi connectivity index (χ3v) is 4.57. The maximum atomic E-state index is 12.1. The van der Waals surface area contributed by atoms with Crippen LogP contribution in [0, 0.1) is 5.41 Å². The molecule has 0 aliphatic heterocycles. The van der Waals surface area contributed by atoms with Crippen molar-refractivity contribution in [1.29, 1.82) is 0 Å². The van der Waals surface area contributed by atoms with Gasteiger partial charge < -0.3 is 15.7 Å². The van der Waals surface area contributed by atoms with Crippen molar-refractivity contribution in [2.24, 2.45) is 5.41 Å². The van der Waals surface area contributed by atoms with Crippen LogP contribution in [-0.2, 0) is 9.59 Å². The zero-order valence-corrected chi connectivity index (χ0v) is 16.9. The van der Waals surface area contributed by atoms with Crippen LogP contribution in [0.1, 0.15) is 37.6 Å². The first-order valence-corrected chi connectivity index (χ1v) is 9.77. The molecule has 0 radical (unpaired) electrons. The molecular formula is C21H24N2O4S. The van der Waals surface area contributed by atoms with Gasteiger partial charge in [0, 0.05) is 22.7 Å². The Labute approximate surface area is 168 Å². The molecule has 0 fully saturated rings. The van der Waals surface area contributed by atoms with Crippen LogP contribution in [-0.4, -0.2) is 28.6 Å². The molecule has 3 N–H and O–H groups in total. The van der Waals surface area contributed by atoms with Crippen LogP contribution in [0.4, 0.5) is 11.4 Å². The zero-order chi connectivity index (χ0) is 20.7. The number of aromatic carboxylic acids is 1. The molecule has 2 amide bonds. The van der Waals surface area contributed by atoms with Crippen LogP contribution in [0.5, 0.6) is 0 Å². The summed E-state index contributed by atoms with van der Waals surface area (Å²) in [5, 5.41) is 14.6. The largest absolute Gasteiger partial charge is 0.478 e. The Bertz CT molecular complexity index is 875. The molecule has 0 saturated carbocycles. The summed E-state index contributed by atoms with van der Waals surface area (Å²) in [5.41, 5.74) is 1.15. The van der Waals surface area contributed by atoms with Gasteiger partial charge in [-0.25, -0.2) is 4.79 Å². The molecule has 6 nitrogen and oxygen atoms in total. The quantitative estimate of drug-likeness (QED) is 0.595. The molecule has 2 aromatic rings. The van der Waals surface area contributed by atoms with E-state index in [1.165, 1.54) is 23.9 Å². The number of hydrogen-bond donors (Lipinski definition) is 3. The molecule has 2 aromatic carbocycles. The van der Waals surface area contributed by atoms with Gasteiger partial charge >= 0.3 is 5.97 Å². The minimum atomic E-state index is -1.05. The van der Waals surface area contributed by atoms with Crippen LogP contribution in [0.2, 0.25) is 0 Å². The Kier molecular flexibility index (Phi) is 7.23. The smallest absolute Gasteiger partial charge is 0.335 e. The van der Waals surface area contributed by atoms with Crippen LogP contribution in [0.25, 0.3) is 0 Å². The highest BCUT2D eigenvalue weighted by atomic mass is 32.2. The Balaban J connectivity index is 1.90. The molecule has 148 valence electrons. The number of thioether (sulfide) groups is 1. The fourth-order valence-electron chi connectivity index (χ4n) is 2.43. The van der Waals surface area contributed by atoms with Crippen molar-refractivity contribution in [3.05, 3.63) is 54.1 Å². The van der Waals surface area contributed by atoms with Crippen molar-refractivity contribution < 1.29 is 19.5 Å². The molecule has 7 heteroatoms. The lowest BCUT2D eigenvalue weighted by Crippen LogP contribution is -2.19. The van der Waals surface area contributed by atoms with E-state index in [-0.39, 0.29) is 28.5 Å². The number of carboxylic acid groups (broad SMARTS) is 1.